The lowest BCUT2D eigenvalue weighted by Crippen LogP contribution is -2.43. The molecule has 1 unspecified atom stereocenters. The van der Waals surface area contributed by atoms with Crippen LogP contribution in [-0.4, -0.2) is 25.5 Å². The highest BCUT2D eigenvalue weighted by molar-refractivity contribution is 7.89. The number of hydrogen-bond acceptors (Lipinski definition) is 3. The molecule has 0 saturated heterocycles. The van der Waals surface area contributed by atoms with Gasteiger partial charge in [0.15, 0.2) is 0 Å². The summed E-state index contributed by atoms with van der Waals surface area (Å²) in [6.07, 6.45) is 10.00. The zero-order valence-corrected chi connectivity index (χ0v) is 15.7. The number of carboxylic acid groups (broad SMARTS) is 1. The highest BCUT2D eigenvalue weighted by atomic mass is 32.2. The molecule has 1 aromatic carbocycles. The summed E-state index contributed by atoms with van der Waals surface area (Å²) in [6.45, 7) is 0. The van der Waals surface area contributed by atoms with Crippen molar-refractivity contribution in [3.63, 3.8) is 0 Å². The molecule has 3 rings (SSSR count). The summed E-state index contributed by atoms with van der Waals surface area (Å²) >= 11 is 0. The van der Waals surface area contributed by atoms with Crippen LogP contribution in [0.2, 0.25) is 0 Å². The predicted molar refractivity (Wildman–Crippen MR) is 100 cm³/mol. The van der Waals surface area contributed by atoms with Gasteiger partial charge in [-0.25, -0.2) is 13.1 Å². The summed E-state index contributed by atoms with van der Waals surface area (Å²) in [5, 5.41) is 8.66. The van der Waals surface area contributed by atoms with E-state index < -0.39 is 16.0 Å². The molecule has 0 amide bonds. The Kier molecular flexibility index (Phi) is 6.14. The van der Waals surface area contributed by atoms with Crippen LogP contribution in [0.5, 0.6) is 0 Å². The topological polar surface area (TPSA) is 83.5 Å². The SMILES string of the molecule is O=C(O)CCCC=CC[C@H]1C2CC[C@@H](C2)[C@@H]1NS(=O)(=O)c1ccccc1. The summed E-state index contributed by atoms with van der Waals surface area (Å²) in [5.41, 5.74) is 0. The van der Waals surface area contributed by atoms with Gasteiger partial charge >= 0.3 is 5.97 Å². The van der Waals surface area contributed by atoms with E-state index in [9.17, 15) is 13.2 Å². The van der Waals surface area contributed by atoms with Gasteiger partial charge in [-0.2, -0.15) is 0 Å². The van der Waals surface area contributed by atoms with E-state index in [0.717, 1.165) is 25.7 Å². The van der Waals surface area contributed by atoms with E-state index in [1.807, 2.05) is 12.1 Å². The minimum atomic E-state index is -3.49. The van der Waals surface area contributed by atoms with Gasteiger partial charge in [0.05, 0.1) is 4.90 Å². The largest absolute Gasteiger partial charge is 0.481 e. The standard InChI is InChI=1S/C20H27NO4S/c22-19(23)11-7-2-1-6-10-18-15-12-13-16(14-15)20(18)21-26(24,25)17-8-4-3-5-9-17/h1,3-6,8-9,15-16,18,20-21H,2,7,10-14H2,(H,22,23)/t15?,16-,18-,20-/m0/s1. The second-order valence-electron chi connectivity index (χ2n) is 7.45. The molecular weight excluding hydrogens is 350 g/mol. The van der Waals surface area contributed by atoms with Crippen LogP contribution in [0.4, 0.5) is 0 Å². The molecule has 2 N–H and O–H groups in total. The van der Waals surface area contributed by atoms with Crippen molar-refractivity contribution in [2.24, 2.45) is 17.8 Å². The number of fused-ring (bicyclic) bond motifs is 2. The lowest BCUT2D eigenvalue weighted by molar-refractivity contribution is -0.137. The first-order chi connectivity index (χ1) is 12.5. The maximum atomic E-state index is 12.7. The Labute approximate surface area is 155 Å². The Bertz CT molecular complexity index is 744. The molecule has 0 spiro atoms. The number of nitrogens with one attached hydrogen (secondary N) is 1. The highest BCUT2D eigenvalue weighted by Gasteiger charge is 2.48. The Balaban J connectivity index is 1.60. The molecule has 5 nitrogen and oxygen atoms in total. The summed E-state index contributed by atoms with van der Waals surface area (Å²) in [7, 11) is -3.49. The van der Waals surface area contributed by atoms with Gasteiger partial charge in [-0.15, -0.1) is 0 Å². The quantitative estimate of drug-likeness (QED) is 0.509. The first-order valence-electron chi connectivity index (χ1n) is 9.41. The Morgan fingerprint density at radius 1 is 1.15 bits per heavy atom. The van der Waals surface area contributed by atoms with Crippen LogP contribution in [0, 0.1) is 17.8 Å². The molecule has 6 heteroatoms. The molecule has 142 valence electrons. The third kappa shape index (κ3) is 4.54. The zero-order valence-electron chi connectivity index (χ0n) is 14.9. The number of rotatable bonds is 9. The molecule has 2 saturated carbocycles. The van der Waals surface area contributed by atoms with E-state index in [1.165, 1.54) is 6.42 Å². The van der Waals surface area contributed by atoms with Crippen LogP contribution in [0.1, 0.15) is 44.9 Å². The average Bonchev–Trinajstić information content (AvgIpc) is 3.20. The Morgan fingerprint density at radius 2 is 1.88 bits per heavy atom. The number of benzene rings is 1. The molecule has 26 heavy (non-hydrogen) atoms. The molecule has 0 heterocycles. The fourth-order valence-electron chi connectivity index (χ4n) is 4.52. The van der Waals surface area contributed by atoms with E-state index >= 15 is 0 Å². The number of carboxylic acids is 1. The van der Waals surface area contributed by atoms with Crippen molar-refractivity contribution >= 4 is 16.0 Å². The molecule has 0 radical (unpaired) electrons. The molecule has 0 aliphatic heterocycles. The van der Waals surface area contributed by atoms with E-state index in [1.54, 1.807) is 24.3 Å². The van der Waals surface area contributed by atoms with Gasteiger partial charge in [0.25, 0.3) is 0 Å². The maximum Gasteiger partial charge on any atom is 0.303 e. The number of allylic oxidation sites excluding steroid dienone is 2. The van der Waals surface area contributed by atoms with Gasteiger partial charge < -0.3 is 5.11 Å². The van der Waals surface area contributed by atoms with Crippen LogP contribution >= 0.6 is 0 Å². The molecule has 0 aromatic heterocycles. The van der Waals surface area contributed by atoms with E-state index in [-0.39, 0.29) is 12.5 Å². The van der Waals surface area contributed by atoms with Gasteiger partial charge in [-0.1, -0.05) is 30.4 Å². The number of aliphatic carboxylic acids is 1. The van der Waals surface area contributed by atoms with Crippen LogP contribution < -0.4 is 4.72 Å². The number of carbonyl (C=O) groups is 1. The summed E-state index contributed by atoms with van der Waals surface area (Å²) in [4.78, 5) is 10.9. The Morgan fingerprint density at radius 3 is 2.62 bits per heavy atom. The van der Waals surface area contributed by atoms with E-state index in [2.05, 4.69) is 10.8 Å². The van der Waals surface area contributed by atoms with Gasteiger partial charge in [0.1, 0.15) is 0 Å². The minimum Gasteiger partial charge on any atom is -0.481 e. The van der Waals surface area contributed by atoms with Crippen molar-refractivity contribution in [3.8, 4) is 0 Å². The van der Waals surface area contributed by atoms with Crippen molar-refractivity contribution in [1.29, 1.82) is 0 Å². The fourth-order valence-corrected chi connectivity index (χ4v) is 5.90. The lowest BCUT2D eigenvalue weighted by Gasteiger charge is -2.31. The van der Waals surface area contributed by atoms with Crippen LogP contribution in [0.15, 0.2) is 47.4 Å². The minimum absolute atomic E-state index is 0.00243. The summed E-state index contributed by atoms with van der Waals surface area (Å²) in [5.74, 6) is 0.598. The molecular formula is C20H27NO4S. The fraction of sp³-hybridized carbons (Fsp3) is 0.550. The van der Waals surface area contributed by atoms with E-state index in [4.69, 9.17) is 5.11 Å². The number of unbranched alkanes of at least 4 members (excludes halogenated alkanes) is 1. The number of sulfonamides is 1. The third-order valence-corrected chi connectivity index (χ3v) is 7.24. The molecule has 2 aliphatic carbocycles. The van der Waals surface area contributed by atoms with E-state index in [0.29, 0.717) is 29.1 Å². The first kappa shape index (κ1) is 19.1. The normalized spacial score (nSPS) is 28.0. The zero-order chi connectivity index (χ0) is 18.6. The molecule has 1 aromatic rings. The second-order valence-corrected chi connectivity index (χ2v) is 9.16. The predicted octanol–water partition coefficient (Wildman–Crippen LogP) is 3.58. The second kappa shape index (κ2) is 8.35. The maximum absolute atomic E-state index is 12.7. The van der Waals surface area contributed by atoms with Crippen molar-refractivity contribution in [2.75, 3.05) is 0 Å². The highest BCUT2D eigenvalue weighted by Crippen LogP contribution is 2.50. The smallest absolute Gasteiger partial charge is 0.303 e. The van der Waals surface area contributed by atoms with Gasteiger partial charge in [-0.05, 0) is 68.4 Å². The van der Waals surface area contributed by atoms with Crippen LogP contribution in [0.25, 0.3) is 0 Å². The first-order valence-corrected chi connectivity index (χ1v) is 10.9. The molecule has 4 atom stereocenters. The van der Waals surface area contributed by atoms with Crippen LogP contribution in [0.3, 0.4) is 0 Å². The van der Waals surface area contributed by atoms with Crippen molar-refractivity contribution in [2.45, 2.75) is 55.9 Å². The molecule has 2 fully saturated rings. The average molecular weight is 378 g/mol. The van der Waals surface area contributed by atoms with Gasteiger partial charge in [0, 0.05) is 12.5 Å². The van der Waals surface area contributed by atoms with Crippen molar-refractivity contribution < 1.29 is 18.3 Å². The van der Waals surface area contributed by atoms with Gasteiger partial charge in [0.2, 0.25) is 10.0 Å². The number of hydrogen-bond donors (Lipinski definition) is 2. The summed E-state index contributed by atoms with van der Waals surface area (Å²) in [6, 6.07) is 8.57. The Hall–Kier alpha value is -1.66. The third-order valence-electron chi connectivity index (χ3n) is 5.77. The summed E-state index contributed by atoms with van der Waals surface area (Å²) < 4.78 is 28.4. The molecule has 2 aliphatic rings. The van der Waals surface area contributed by atoms with Crippen LogP contribution in [-0.2, 0) is 14.8 Å². The van der Waals surface area contributed by atoms with Gasteiger partial charge in [-0.3, -0.25) is 4.79 Å². The molecule has 2 bridgehead atoms. The van der Waals surface area contributed by atoms with Crippen molar-refractivity contribution in [3.05, 3.63) is 42.5 Å². The lowest BCUT2D eigenvalue weighted by atomic mass is 9.83. The van der Waals surface area contributed by atoms with Crippen molar-refractivity contribution in [1.82, 2.24) is 4.72 Å². The monoisotopic (exact) mass is 377 g/mol.